The number of rotatable bonds is 13. The summed E-state index contributed by atoms with van der Waals surface area (Å²) < 4.78 is 10.9. The van der Waals surface area contributed by atoms with Crippen molar-refractivity contribution in [3.05, 3.63) is 148 Å². The first kappa shape index (κ1) is 29.0. The van der Waals surface area contributed by atoms with Crippen LogP contribution in [0.15, 0.2) is 121 Å². The van der Waals surface area contributed by atoms with Crippen LogP contribution in [0.3, 0.4) is 0 Å². The maximum Gasteiger partial charge on any atom is 0.341 e. The van der Waals surface area contributed by atoms with Gasteiger partial charge >= 0.3 is 5.97 Å². The van der Waals surface area contributed by atoms with Gasteiger partial charge in [0.05, 0.1) is 18.8 Å². The van der Waals surface area contributed by atoms with Gasteiger partial charge in [-0.2, -0.15) is 0 Å². The minimum Gasteiger partial charge on any atom is -0.462 e. The van der Waals surface area contributed by atoms with Gasteiger partial charge in [-0.3, -0.25) is 10.1 Å². The third kappa shape index (κ3) is 6.93. The first-order chi connectivity index (χ1) is 19.6. The quantitative estimate of drug-likeness (QED) is 0.0514. The van der Waals surface area contributed by atoms with Crippen molar-refractivity contribution in [1.29, 1.82) is 0 Å². The lowest BCUT2D eigenvalue weighted by Crippen LogP contribution is -2.46. The van der Waals surface area contributed by atoms with Crippen LogP contribution in [0.2, 0.25) is 5.02 Å². The Morgan fingerprint density at radius 2 is 1.27 bits per heavy atom. The Bertz CT molecular complexity index is 1330. The highest BCUT2D eigenvalue weighted by molar-refractivity contribution is 6.32. The fourth-order valence-electron chi connectivity index (χ4n) is 4.63. The molecule has 0 saturated heterocycles. The first-order valence-electron chi connectivity index (χ1n) is 13.2. The Balaban J connectivity index is 1.52. The lowest BCUT2D eigenvalue weighted by atomic mass is 9.77. The highest BCUT2D eigenvalue weighted by Gasteiger charge is 2.35. The van der Waals surface area contributed by atoms with Crippen LogP contribution in [0.25, 0.3) is 6.08 Å². The maximum absolute atomic E-state index is 13.0. The molecule has 0 saturated carbocycles. The van der Waals surface area contributed by atoms with Crippen LogP contribution in [-0.4, -0.2) is 38.1 Å². The molecule has 0 aromatic heterocycles. The lowest BCUT2D eigenvalue weighted by molar-refractivity contribution is -0.140. The van der Waals surface area contributed by atoms with Crippen molar-refractivity contribution >= 4 is 29.4 Å². The summed E-state index contributed by atoms with van der Waals surface area (Å²) in [5, 5.41) is 4.15. The fourth-order valence-corrected chi connectivity index (χ4v) is 4.82. The molecule has 0 aliphatic heterocycles. The summed E-state index contributed by atoms with van der Waals surface area (Å²) in [5.41, 5.74) is 3.05. The van der Waals surface area contributed by atoms with E-state index in [-0.39, 0.29) is 25.4 Å². The Morgan fingerprint density at radius 1 is 0.775 bits per heavy atom. The van der Waals surface area contributed by atoms with E-state index >= 15 is 0 Å². The number of halogens is 1. The zero-order valence-electron chi connectivity index (χ0n) is 22.4. The number of carbonyl (C=O) groups is 2. The third-order valence-corrected chi connectivity index (χ3v) is 6.84. The second-order valence-electron chi connectivity index (χ2n) is 9.05. The van der Waals surface area contributed by atoms with Crippen LogP contribution in [0.5, 0.6) is 0 Å². The number of carbonyl (C=O) groups excluding carboxylic acids is 2. The number of esters is 1. The smallest absolute Gasteiger partial charge is 0.341 e. The summed E-state index contributed by atoms with van der Waals surface area (Å²) in [7, 11) is 0. The minimum absolute atomic E-state index is 0.102. The normalized spacial score (nSPS) is 11.7. The molecule has 0 bridgehead atoms. The van der Waals surface area contributed by atoms with Crippen LogP contribution >= 0.6 is 11.6 Å². The predicted molar refractivity (Wildman–Crippen MR) is 159 cm³/mol. The Hall–Kier alpha value is -4.03. The van der Waals surface area contributed by atoms with E-state index in [4.69, 9.17) is 21.1 Å². The number of hydrogen-bond acceptors (Lipinski definition) is 5. The van der Waals surface area contributed by atoms with E-state index in [1.807, 2.05) is 54.6 Å². The highest BCUT2D eigenvalue weighted by Crippen LogP contribution is 2.36. The van der Waals surface area contributed by atoms with Crippen LogP contribution < -0.4 is 5.32 Å². The maximum atomic E-state index is 13.0. The lowest BCUT2D eigenvalue weighted by Gasteiger charge is -2.37. The van der Waals surface area contributed by atoms with E-state index in [1.54, 1.807) is 31.2 Å². The molecule has 0 spiro atoms. The zero-order chi connectivity index (χ0) is 28.2. The molecule has 0 unspecified atom stereocenters. The SMILES string of the molecule is CCOC(=O)C(=Cc1ccccc1Cl)C(=O)COCCNC(c1ccccc1)(c1ccccc1)c1ccccc1. The summed E-state index contributed by atoms with van der Waals surface area (Å²) in [6.45, 7) is 2.25. The topological polar surface area (TPSA) is 64.6 Å². The molecule has 0 fully saturated rings. The summed E-state index contributed by atoms with van der Waals surface area (Å²) in [6.07, 6.45) is 1.45. The molecule has 0 amide bonds. The molecular formula is C34H32ClNO4. The van der Waals surface area contributed by atoms with Crippen LogP contribution in [-0.2, 0) is 24.6 Å². The van der Waals surface area contributed by atoms with Gasteiger partial charge in [0, 0.05) is 11.6 Å². The molecule has 204 valence electrons. The van der Waals surface area contributed by atoms with E-state index in [1.165, 1.54) is 6.08 Å². The second-order valence-corrected chi connectivity index (χ2v) is 9.46. The summed E-state index contributed by atoms with van der Waals surface area (Å²) in [6, 6.07) is 37.7. The number of benzene rings is 4. The minimum atomic E-state index is -0.703. The van der Waals surface area contributed by atoms with Crippen LogP contribution in [0, 0.1) is 0 Å². The van der Waals surface area contributed by atoms with Crippen LogP contribution in [0.4, 0.5) is 0 Å². The molecule has 0 radical (unpaired) electrons. The summed E-state index contributed by atoms with van der Waals surface area (Å²) >= 11 is 6.25. The molecule has 0 aliphatic carbocycles. The molecule has 6 heteroatoms. The van der Waals surface area contributed by atoms with Crippen molar-refractivity contribution in [2.75, 3.05) is 26.4 Å². The number of Topliss-reactive ketones (excluding diaryl/α,β-unsaturated/α-hetero) is 1. The molecule has 40 heavy (non-hydrogen) atoms. The average molecular weight is 554 g/mol. The number of ketones is 1. The summed E-state index contributed by atoms with van der Waals surface area (Å²) in [4.78, 5) is 25.6. The van der Waals surface area contributed by atoms with Crippen molar-refractivity contribution in [3.8, 4) is 0 Å². The monoisotopic (exact) mass is 553 g/mol. The standard InChI is InChI=1S/C34H32ClNO4/c1-2-40-33(38)30(24-26-14-12-13-21-31(26)35)32(37)25-39-23-22-36-34(27-15-6-3-7-16-27,28-17-8-4-9-18-28)29-19-10-5-11-20-29/h3-21,24,36H,2,22-23,25H2,1H3. The fraction of sp³-hybridized carbons (Fsp3) is 0.176. The van der Waals surface area contributed by atoms with Gasteiger partial charge in [0.1, 0.15) is 12.2 Å². The Labute approximate surface area is 240 Å². The molecular weight excluding hydrogens is 522 g/mol. The van der Waals surface area contributed by atoms with Crippen molar-refractivity contribution in [2.45, 2.75) is 12.5 Å². The molecule has 4 rings (SSSR count). The molecule has 4 aromatic carbocycles. The number of ether oxygens (including phenoxy) is 2. The largest absolute Gasteiger partial charge is 0.462 e. The van der Waals surface area contributed by atoms with E-state index in [2.05, 4.69) is 41.7 Å². The van der Waals surface area contributed by atoms with Gasteiger partial charge in [0.15, 0.2) is 5.78 Å². The van der Waals surface area contributed by atoms with E-state index < -0.39 is 17.3 Å². The van der Waals surface area contributed by atoms with E-state index in [0.717, 1.165) is 16.7 Å². The molecule has 4 aromatic rings. The average Bonchev–Trinajstić information content (AvgIpc) is 3.00. The van der Waals surface area contributed by atoms with E-state index in [9.17, 15) is 9.59 Å². The van der Waals surface area contributed by atoms with Gasteiger partial charge in [0.25, 0.3) is 0 Å². The zero-order valence-corrected chi connectivity index (χ0v) is 23.1. The van der Waals surface area contributed by atoms with Crippen molar-refractivity contribution in [3.63, 3.8) is 0 Å². The van der Waals surface area contributed by atoms with Gasteiger partial charge in [-0.15, -0.1) is 0 Å². The number of hydrogen-bond donors (Lipinski definition) is 1. The molecule has 1 N–H and O–H groups in total. The predicted octanol–water partition coefficient (Wildman–Crippen LogP) is 6.45. The Kier molecular flexibility index (Phi) is 10.4. The van der Waals surface area contributed by atoms with Crippen LogP contribution in [0.1, 0.15) is 29.2 Å². The first-order valence-corrected chi connectivity index (χ1v) is 13.6. The van der Waals surface area contributed by atoms with Crippen molar-refractivity contribution in [2.24, 2.45) is 0 Å². The van der Waals surface area contributed by atoms with Gasteiger partial charge < -0.3 is 9.47 Å². The molecule has 0 aliphatic rings. The summed E-state index contributed by atoms with van der Waals surface area (Å²) in [5.74, 6) is -1.18. The van der Waals surface area contributed by atoms with Crippen molar-refractivity contribution in [1.82, 2.24) is 5.32 Å². The second kappa shape index (κ2) is 14.4. The molecule has 0 heterocycles. The van der Waals surface area contributed by atoms with Gasteiger partial charge in [-0.05, 0) is 41.3 Å². The van der Waals surface area contributed by atoms with Gasteiger partial charge in [-0.25, -0.2) is 4.79 Å². The third-order valence-electron chi connectivity index (χ3n) is 6.49. The molecule has 0 atom stereocenters. The highest BCUT2D eigenvalue weighted by atomic mass is 35.5. The Morgan fingerprint density at radius 3 is 1.77 bits per heavy atom. The van der Waals surface area contributed by atoms with E-state index in [0.29, 0.717) is 17.1 Å². The van der Waals surface area contributed by atoms with Gasteiger partial charge in [0.2, 0.25) is 0 Å². The number of nitrogens with one attached hydrogen (secondary N) is 1. The molecule has 5 nitrogen and oxygen atoms in total. The van der Waals surface area contributed by atoms with Crippen molar-refractivity contribution < 1.29 is 19.1 Å². The van der Waals surface area contributed by atoms with Gasteiger partial charge in [-0.1, -0.05) is 121 Å².